The Balaban J connectivity index is 1.68. The summed E-state index contributed by atoms with van der Waals surface area (Å²) in [4.78, 5) is 26.1. The van der Waals surface area contributed by atoms with E-state index in [1.54, 1.807) is 11.9 Å². The second-order valence-electron chi connectivity index (χ2n) is 6.58. The standard InChI is InChI=1S/C21H25N3O3/c1-4-27-19-8-6-5-7-17(19)23-21(26)14(2)22-16-10-11-18-15(13-16)9-12-20(25)24(18)3/h5-8,10-11,13-14,22H,4,9,12H2,1-3H3,(H,23,26). The van der Waals surface area contributed by atoms with Crippen molar-refractivity contribution in [3.05, 3.63) is 48.0 Å². The van der Waals surface area contributed by atoms with Crippen molar-refractivity contribution < 1.29 is 14.3 Å². The fraction of sp³-hybridized carbons (Fsp3) is 0.333. The first kappa shape index (κ1) is 18.8. The van der Waals surface area contributed by atoms with Crippen molar-refractivity contribution >= 4 is 28.9 Å². The summed E-state index contributed by atoms with van der Waals surface area (Å²) >= 11 is 0. The molecule has 0 aromatic heterocycles. The van der Waals surface area contributed by atoms with Gasteiger partial charge in [-0.15, -0.1) is 0 Å². The second kappa shape index (κ2) is 8.12. The van der Waals surface area contributed by atoms with Crippen LogP contribution in [0.15, 0.2) is 42.5 Å². The highest BCUT2D eigenvalue weighted by molar-refractivity contribution is 5.98. The zero-order valence-corrected chi connectivity index (χ0v) is 15.9. The van der Waals surface area contributed by atoms with Gasteiger partial charge in [0.05, 0.1) is 12.3 Å². The van der Waals surface area contributed by atoms with E-state index in [1.807, 2.05) is 56.3 Å². The number of amides is 2. The summed E-state index contributed by atoms with van der Waals surface area (Å²) in [6.45, 7) is 4.25. The van der Waals surface area contributed by atoms with E-state index in [1.165, 1.54) is 0 Å². The molecule has 0 spiro atoms. The number of anilines is 3. The molecule has 0 radical (unpaired) electrons. The van der Waals surface area contributed by atoms with Gasteiger partial charge < -0.3 is 20.3 Å². The first-order chi connectivity index (χ1) is 13.0. The predicted molar refractivity (Wildman–Crippen MR) is 107 cm³/mol. The van der Waals surface area contributed by atoms with Gasteiger partial charge in [-0.3, -0.25) is 9.59 Å². The highest BCUT2D eigenvalue weighted by Gasteiger charge is 2.21. The first-order valence-electron chi connectivity index (χ1n) is 9.18. The molecule has 0 aliphatic carbocycles. The molecule has 1 aliphatic rings. The van der Waals surface area contributed by atoms with Crippen molar-refractivity contribution in [2.45, 2.75) is 32.7 Å². The van der Waals surface area contributed by atoms with Crippen LogP contribution in [0.2, 0.25) is 0 Å². The smallest absolute Gasteiger partial charge is 0.246 e. The summed E-state index contributed by atoms with van der Waals surface area (Å²) in [7, 11) is 1.79. The molecule has 6 nitrogen and oxygen atoms in total. The molecule has 0 fully saturated rings. The fourth-order valence-electron chi connectivity index (χ4n) is 3.15. The van der Waals surface area contributed by atoms with Crippen molar-refractivity contribution in [3.63, 3.8) is 0 Å². The van der Waals surface area contributed by atoms with Gasteiger partial charge in [-0.1, -0.05) is 12.1 Å². The average Bonchev–Trinajstić information content (AvgIpc) is 2.66. The maximum absolute atomic E-state index is 12.6. The monoisotopic (exact) mass is 367 g/mol. The number of carbonyl (C=O) groups is 2. The molecule has 6 heteroatoms. The Morgan fingerprint density at radius 1 is 1.22 bits per heavy atom. The summed E-state index contributed by atoms with van der Waals surface area (Å²) < 4.78 is 5.55. The number of para-hydroxylation sites is 2. The lowest BCUT2D eigenvalue weighted by Gasteiger charge is -2.26. The topological polar surface area (TPSA) is 70.7 Å². The van der Waals surface area contributed by atoms with Gasteiger partial charge in [0.25, 0.3) is 0 Å². The van der Waals surface area contributed by atoms with Gasteiger partial charge in [-0.2, -0.15) is 0 Å². The Bertz CT molecular complexity index is 850. The lowest BCUT2D eigenvalue weighted by molar-refractivity contribution is -0.118. The Kier molecular flexibility index (Phi) is 5.64. The third-order valence-electron chi connectivity index (χ3n) is 4.64. The number of aryl methyl sites for hydroxylation is 1. The molecule has 3 rings (SSSR count). The van der Waals surface area contributed by atoms with Crippen LogP contribution in [0, 0.1) is 0 Å². The zero-order valence-electron chi connectivity index (χ0n) is 15.9. The summed E-state index contributed by atoms with van der Waals surface area (Å²) in [5.41, 5.74) is 3.55. The molecule has 2 aromatic rings. The molecular weight excluding hydrogens is 342 g/mol. The molecular formula is C21H25N3O3. The number of nitrogens with one attached hydrogen (secondary N) is 2. The number of rotatable bonds is 6. The second-order valence-corrected chi connectivity index (χ2v) is 6.58. The third kappa shape index (κ3) is 4.22. The van der Waals surface area contributed by atoms with Crippen LogP contribution >= 0.6 is 0 Å². The molecule has 1 unspecified atom stereocenters. The van der Waals surface area contributed by atoms with E-state index in [2.05, 4.69) is 10.6 Å². The zero-order chi connectivity index (χ0) is 19.4. The number of ether oxygens (including phenoxy) is 1. The van der Waals surface area contributed by atoms with E-state index < -0.39 is 6.04 Å². The Morgan fingerprint density at radius 3 is 2.78 bits per heavy atom. The first-order valence-corrected chi connectivity index (χ1v) is 9.18. The minimum Gasteiger partial charge on any atom is -0.492 e. The molecule has 0 saturated carbocycles. The number of carbonyl (C=O) groups excluding carboxylic acids is 2. The maximum atomic E-state index is 12.6. The van der Waals surface area contributed by atoms with Crippen LogP contribution in [0.25, 0.3) is 0 Å². The van der Waals surface area contributed by atoms with Gasteiger partial charge in [0.2, 0.25) is 11.8 Å². The number of fused-ring (bicyclic) bond motifs is 1. The summed E-state index contributed by atoms with van der Waals surface area (Å²) in [5.74, 6) is 0.637. The number of nitrogens with zero attached hydrogens (tertiary/aromatic N) is 1. The van der Waals surface area contributed by atoms with Crippen molar-refractivity contribution in [1.82, 2.24) is 0 Å². The van der Waals surface area contributed by atoms with E-state index in [0.29, 0.717) is 24.5 Å². The molecule has 2 aromatic carbocycles. The fourth-order valence-corrected chi connectivity index (χ4v) is 3.15. The van der Waals surface area contributed by atoms with Gasteiger partial charge in [-0.25, -0.2) is 0 Å². The van der Waals surface area contributed by atoms with E-state index in [-0.39, 0.29) is 11.8 Å². The van der Waals surface area contributed by atoms with Crippen LogP contribution in [0.5, 0.6) is 5.75 Å². The summed E-state index contributed by atoms with van der Waals surface area (Å²) in [5, 5.41) is 6.14. The lowest BCUT2D eigenvalue weighted by Crippen LogP contribution is -2.33. The van der Waals surface area contributed by atoms with Crippen LogP contribution < -0.4 is 20.3 Å². The minimum absolute atomic E-state index is 0.129. The van der Waals surface area contributed by atoms with Gasteiger partial charge in [-0.05, 0) is 56.2 Å². The van der Waals surface area contributed by atoms with Crippen LogP contribution in [0.1, 0.15) is 25.8 Å². The molecule has 0 bridgehead atoms. The quantitative estimate of drug-likeness (QED) is 0.821. The molecule has 0 saturated heterocycles. The van der Waals surface area contributed by atoms with Crippen molar-refractivity contribution in [1.29, 1.82) is 0 Å². The SMILES string of the molecule is CCOc1ccccc1NC(=O)C(C)Nc1ccc2c(c1)CCC(=O)N2C. The van der Waals surface area contributed by atoms with E-state index in [0.717, 1.165) is 23.4 Å². The molecule has 1 heterocycles. The largest absolute Gasteiger partial charge is 0.492 e. The lowest BCUT2D eigenvalue weighted by atomic mass is 10.0. The van der Waals surface area contributed by atoms with Crippen molar-refractivity contribution in [2.24, 2.45) is 0 Å². The van der Waals surface area contributed by atoms with Crippen LogP contribution in [0.3, 0.4) is 0 Å². The Morgan fingerprint density at radius 2 is 2.00 bits per heavy atom. The number of benzene rings is 2. The number of hydrogen-bond acceptors (Lipinski definition) is 4. The van der Waals surface area contributed by atoms with E-state index in [4.69, 9.17) is 4.74 Å². The highest BCUT2D eigenvalue weighted by atomic mass is 16.5. The van der Waals surface area contributed by atoms with Crippen molar-refractivity contribution in [2.75, 3.05) is 29.2 Å². The molecule has 2 amide bonds. The summed E-state index contributed by atoms with van der Waals surface area (Å²) in [6, 6.07) is 12.8. The van der Waals surface area contributed by atoms with Crippen LogP contribution in [-0.2, 0) is 16.0 Å². The van der Waals surface area contributed by atoms with Gasteiger partial charge in [0.1, 0.15) is 11.8 Å². The predicted octanol–water partition coefficient (Wildman–Crippen LogP) is 3.43. The normalized spacial score (nSPS) is 14.3. The van der Waals surface area contributed by atoms with Crippen LogP contribution in [-0.4, -0.2) is 31.5 Å². The molecule has 1 aliphatic heterocycles. The van der Waals surface area contributed by atoms with Gasteiger partial charge in [0.15, 0.2) is 0 Å². The van der Waals surface area contributed by atoms with E-state index >= 15 is 0 Å². The van der Waals surface area contributed by atoms with Crippen LogP contribution in [0.4, 0.5) is 17.1 Å². The maximum Gasteiger partial charge on any atom is 0.246 e. The van der Waals surface area contributed by atoms with Crippen molar-refractivity contribution in [3.8, 4) is 5.75 Å². The molecule has 27 heavy (non-hydrogen) atoms. The number of hydrogen-bond donors (Lipinski definition) is 2. The minimum atomic E-state index is -0.430. The molecule has 2 N–H and O–H groups in total. The van der Waals surface area contributed by atoms with E-state index in [9.17, 15) is 9.59 Å². The molecule has 142 valence electrons. The Labute approximate surface area is 159 Å². The molecule has 1 atom stereocenters. The highest BCUT2D eigenvalue weighted by Crippen LogP contribution is 2.29. The van der Waals surface area contributed by atoms with Gasteiger partial charge in [0, 0.05) is 24.8 Å². The average molecular weight is 367 g/mol. The summed E-state index contributed by atoms with van der Waals surface area (Å²) in [6.07, 6.45) is 1.23. The third-order valence-corrected chi connectivity index (χ3v) is 4.64. The Hall–Kier alpha value is -3.02. The van der Waals surface area contributed by atoms with Gasteiger partial charge >= 0.3 is 0 Å².